The first-order valence-corrected chi connectivity index (χ1v) is 7.42. The maximum atomic E-state index is 12.0. The minimum absolute atomic E-state index is 0.0983. The third-order valence-electron chi connectivity index (χ3n) is 2.94. The molecule has 0 N–H and O–H groups in total. The van der Waals surface area contributed by atoms with Crippen molar-refractivity contribution in [3.8, 4) is 0 Å². The van der Waals surface area contributed by atoms with Crippen LogP contribution in [0.1, 0.15) is 24.6 Å². The predicted octanol–water partition coefficient (Wildman–Crippen LogP) is 1.97. The molecule has 0 spiro atoms. The lowest BCUT2D eigenvalue weighted by Gasteiger charge is -2.10. The minimum atomic E-state index is -3.35. The van der Waals surface area contributed by atoms with Crippen LogP contribution in [0.3, 0.4) is 0 Å². The zero-order valence-corrected chi connectivity index (χ0v) is 10.7. The maximum absolute atomic E-state index is 12.0. The lowest BCUT2D eigenvalue weighted by molar-refractivity contribution is 0.583. The number of aromatic nitrogens is 1. The Hall–Kier alpha value is -0.610. The van der Waals surface area contributed by atoms with E-state index in [0.29, 0.717) is 0 Å². The third-order valence-corrected chi connectivity index (χ3v) is 5.62. The zero-order chi connectivity index (χ0) is 11.8. The number of nitrogens with zero attached hydrogens (tertiary/aromatic N) is 1. The highest BCUT2D eigenvalue weighted by molar-refractivity contribution is 7.92. The first-order valence-electron chi connectivity index (χ1n) is 5.34. The molecule has 1 heterocycles. The summed E-state index contributed by atoms with van der Waals surface area (Å²) in [4.78, 5) is 4.25. The summed E-state index contributed by atoms with van der Waals surface area (Å²) < 4.78 is 24.0. The largest absolute Gasteiger partial charge is 0.241 e. The molecular weight excluding hydrogens is 246 g/mol. The number of alkyl halides is 1. The molecule has 1 aromatic rings. The average Bonchev–Trinajstić information content (AvgIpc) is 2.74. The van der Waals surface area contributed by atoms with Crippen molar-refractivity contribution in [1.82, 2.24) is 4.98 Å². The zero-order valence-electron chi connectivity index (χ0n) is 9.11. The molecule has 88 valence electrons. The Morgan fingerprint density at radius 2 is 2.19 bits per heavy atom. The van der Waals surface area contributed by atoms with Gasteiger partial charge in [0.2, 0.25) is 0 Å². The van der Waals surface area contributed by atoms with Crippen molar-refractivity contribution in [2.24, 2.45) is 0 Å². The molecular formula is C11H14ClNO2S. The summed E-state index contributed by atoms with van der Waals surface area (Å²) >= 11 is 5.60. The molecule has 0 saturated carbocycles. The van der Waals surface area contributed by atoms with Crippen LogP contribution in [0.4, 0.5) is 0 Å². The Morgan fingerprint density at radius 1 is 1.44 bits per heavy atom. The van der Waals surface area contributed by atoms with Gasteiger partial charge in [-0.15, -0.1) is 11.6 Å². The summed E-state index contributed by atoms with van der Waals surface area (Å²) in [6.45, 7) is 1.61. The van der Waals surface area contributed by atoms with Gasteiger partial charge >= 0.3 is 0 Å². The van der Waals surface area contributed by atoms with Crippen LogP contribution in [-0.2, 0) is 22.7 Å². The van der Waals surface area contributed by atoms with Crippen LogP contribution < -0.4 is 0 Å². The van der Waals surface area contributed by atoms with E-state index in [1.54, 1.807) is 13.0 Å². The van der Waals surface area contributed by atoms with Gasteiger partial charge in [-0.2, -0.15) is 0 Å². The van der Waals surface area contributed by atoms with Crippen molar-refractivity contribution in [3.63, 3.8) is 0 Å². The van der Waals surface area contributed by atoms with E-state index in [4.69, 9.17) is 11.6 Å². The van der Waals surface area contributed by atoms with E-state index >= 15 is 0 Å². The Kier molecular flexibility index (Phi) is 3.22. The fraction of sp³-hybridized carbons (Fsp3) is 0.545. The number of hydrogen-bond acceptors (Lipinski definition) is 3. The van der Waals surface area contributed by atoms with Crippen molar-refractivity contribution in [2.75, 3.05) is 5.88 Å². The number of halogens is 1. The van der Waals surface area contributed by atoms with E-state index in [-0.39, 0.29) is 10.9 Å². The van der Waals surface area contributed by atoms with Gasteiger partial charge in [-0.25, -0.2) is 13.4 Å². The molecule has 1 unspecified atom stereocenters. The van der Waals surface area contributed by atoms with Gasteiger partial charge in [0.1, 0.15) is 0 Å². The number of hydrogen-bond donors (Lipinski definition) is 0. The van der Waals surface area contributed by atoms with Crippen LogP contribution in [0.5, 0.6) is 0 Å². The molecule has 1 atom stereocenters. The van der Waals surface area contributed by atoms with E-state index in [2.05, 4.69) is 4.98 Å². The van der Waals surface area contributed by atoms with Gasteiger partial charge in [0.25, 0.3) is 0 Å². The summed E-state index contributed by atoms with van der Waals surface area (Å²) in [5.74, 6) is 0.0983. The number of aryl methyl sites for hydroxylation is 2. The number of pyridine rings is 1. The average molecular weight is 260 g/mol. The first-order chi connectivity index (χ1) is 7.55. The van der Waals surface area contributed by atoms with Crippen molar-refractivity contribution in [1.29, 1.82) is 0 Å². The van der Waals surface area contributed by atoms with Crippen molar-refractivity contribution < 1.29 is 8.42 Å². The molecule has 0 aliphatic heterocycles. The van der Waals surface area contributed by atoms with Gasteiger partial charge < -0.3 is 0 Å². The van der Waals surface area contributed by atoms with Gasteiger partial charge in [-0.05, 0) is 37.8 Å². The highest BCUT2D eigenvalue weighted by Gasteiger charge is 2.25. The SMILES string of the molecule is CC(CCl)S(=O)(=O)c1ccc2c(n1)CCC2. The lowest BCUT2D eigenvalue weighted by Crippen LogP contribution is -2.21. The summed E-state index contributed by atoms with van der Waals surface area (Å²) in [5.41, 5.74) is 2.11. The van der Waals surface area contributed by atoms with Gasteiger partial charge in [-0.3, -0.25) is 0 Å². The van der Waals surface area contributed by atoms with Crippen LogP contribution in [0.2, 0.25) is 0 Å². The Balaban J connectivity index is 2.42. The van der Waals surface area contributed by atoms with Crippen LogP contribution >= 0.6 is 11.6 Å². The first kappa shape index (κ1) is 11.9. The quantitative estimate of drug-likeness (QED) is 0.780. The van der Waals surface area contributed by atoms with Gasteiger partial charge in [0.15, 0.2) is 14.9 Å². The second kappa shape index (κ2) is 4.34. The summed E-state index contributed by atoms with van der Waals surface area (Å²) in [6.07, 6.45) is 2.96. The van der Waals surface area contributed by atoms with Crippen LogP contribution in [0, 0.1) is 0 Å². The number of fused-ring (bicyclic) bond motifs is 1. The molecule has 3 nitrogen and oxygen atoms in total. The minimum Gasteiger partial charge on any atom is -0.241 e. The standard InChI is InChI=1S/C11H14ClNO2S/c1-8(7-12)16(14,15)11-6-5-9-3-2-4-10(9)13-11/h5-6,8H,2-4,7H2,1H3. The topological polar surface area (TPSA) is 47.0 Å². The smallest absolute Gasteiger partial charge is 0.199 e. The molecule has 1 aromatic heterocycles. The summed E-state index contributed by atoms with van der Waals surface area (Å²) in [5, 5.41) is -0.414. The Morgan fingerprint density at radius 3 is 2.88 bits per heavy atom. The molecule has 16 heavy (non-hydrogen) atoms. The molecule has 0 bridgehead atoms. The van der Waals surface area contributed by atoms with Gasteiger partial charge in [0.05, 0.1) is 5.25 Å². The van der Waals surface area contributed by atoms with E-state index in [1.165, 1.54) is 5.56 Å². The Labute approximate surface area is 101 Å². The Bertz CT molecular complexity index is 499. The molecule has 0 aromatic carbocycles. The van der Waals surface area contributed by atoms with Crippen molar-refractivity contribution in [3.05, 3.63) is 23.4 Å². The molecule has 0 fully saturated rings. The van der Waals surface area contributed by atoms with E-state index < -0.39 is 15.1 Å². The highest BCUT2D eigenvalue weighted by atomic mass is 35.5. The van der Waals surface area contributed by atoms with Gasteiger partial charge in [0, 0.05) is 11.6 Å². The second-order valence-electron chi connectivity index (χ2n) is 4.12. The van der Waals surface area contributed by atoms with Crippen LogP contribution in [0.15, 0.2) is 17.2 Å². The maximum Gasteiger partial charge on any atom is 0.199 e. The molecule has 0 saturated heterocycles. The molecule has 5 heteroatoms. The lowest BCUT2D eigenvalue weighted by atomic mass is 10.2. The molecule has 1 aliphatic rings. The van der Waals surface area contributed by atoms with Crippen molar-refractivity contribution in [2.45, 2.75) is 36.5 Å². The van der Waals surface area contributed by atoms with Crippen LogP contribution in [-0.4, -0.2) is 24.5 Å². The van der Waals surface area contributed by atoms with Crippen LogP contribution in [0.25, 0.3) is 0 Å². The van der Waals surface area contributed by atoms with E-state index in [0.717, 1.165) is 25.0 Å². The fourth-order valence-corrected chi connectivity index (χ4v) is 3.42. The monoisotopic (exact) mass is 259 g/mol. The molecule has 1 aliphatic carbocycles. The fourth-order valence-electron chi connectivity index (χ4n) is 1.85. The normalized spacial score (nSPS) is 17.1. The molecule has 2 rings (SSSR count). The second-order valence-corrected chi connectivity index (χ2v) is 6.74. The number of sulfone groups is 1. The van der Waals surface area contributed by atoms with E-state index in [1.807, 2.05) is 6.07 Å². The predicted molar refractivity (Wildman–Crippen MR) is 63.6 cm³/mol. The number of rotatable bonds is 3. The molecule has 0 radical (unpaired) electrons. The van der Waals surface area contributed by atoms with Crippen molar-refractivity contribution >= 4 is 21.4 Å². The third kappa shape index (κ3) is 1.96. The highest BCUT2D eigenvalue weighted by Crippen LogP contribution is 2.23. The summed E-state index contributed by atoms with van der Waals surface area (Å²) in [6, 6.07) is 3.48. The summed E-state index contributed by atoms with van der Waals surface area (Å²) in [7, 11) is -3.35. The van der Waals surface area contributed by atoms with Gasteiger partial charge in [-0.1, -0.05) is 6.07 Å². The molecule has 0 amide bonds. The van der Waals surface area contributed by atoms with E-state index in [9.17, 15) is 8.42 Å².